The minimum Gasteiger partial charge on any atom is -0.340 e. The smallest absolute Gasteiger partial charge is 0.241 e. The third-order valence-corrected chi connectivity index (χ3v) is 6.22. The average molecular weight is 395 g/mol. The summed E-state index contributed by atoms with van der Waals surface area (Å²) in [6.45, 7) is 3.99. The quantitative estimate of drug-likeness (QED) is 0.803. The molecule has 2 aliphatic heterocycles. The number of carbonyl (C=O) groups is 2. The second kappa shape index (κ2) is 7.59. The van der Waals surface area contributed by atoms with Gasteiger partial charge in [0, 0.05) is 25.3 Å². The molecule has 0 unspecified atom stereocenters. The van der Waals surface area contributed by atoms with Crippen molar-refractivity contribution in [3.8, 4) is 0 Å². The Bertz CT molecular complexity index is 930. The Morgan fingerprint density at radius 2 is 1.90 bits per heavy atom. The first-order valence-electron chi connectivity index (χ1n) is 9.97. The highest BCUT2D eigenvalue weighted by atomic mass is 19.1. The lowest BCUT2D eigenvalue weighted by molar-refractivity contribution is -0.130. The fourth-order valence-electron chi connectivity index (χ4n) is 4.34. The van der Waals surface area contributed by atoms with Gasteiger partial charge in [-0.15, -0.1) is 0 Å². The second-order valence-corrected chi connectivity index (χ2v) is 8.27. The molecule has 4 rings (SSSR count). The second-order valence-electron chi connectivity index (χ2n) is 8.27. The first kappa shape index (κ1) is 19.6. The van der Waals surface area contributed by atoms with Crippen molar-refractivity contribution >= 4 is 17.5 Å². The summed E-state index contributed by atoms with van der Waals surface area (Å²) in [5, 5.41) is 0. The SMILES string of the molecule is Cc1ccc(CC(=O)N2CC[C@@]3(C2)CN(c2cccc(F)c2)C(=O)CN3C)cc1. The minimum atomic E-state index is -0.357. The number of carbonyl (C=O) groups excluding carboxylic acids is 2. The number of amides is 2. The van der Waals surface area contributed by atoms with E-state index in [0.29, 0.717) is 31.7 Å². The zero-order valence-corrected chi connectivity index (χ0v) is 16.9. The number of nitrogens with zero attached hydrogens (tertiary/aromatic N) is 3. The van der Waals surface area contributed by atoms with Crippen molar-refractivity contribution in [3.63, 3.8) is 0 Å². The number of hydrogen-bond donors (Lipinski definition) is 0. The molecule has 152 valence electrons. The van der Waals surface area contributed by atoms with E-state index in [1.807, 2.05) is 43.1 Å². The van der Waals surface area contributed by atoms with Gasteiger partial charge in [0.2, 0.25) is 11.8 Å². The average Bonchev–Trinajstić information content (AvgIpc) is 3.12. The molecule has 2 fully saturated rings. The van der Waals surface area contributed by atoms with Crippen LogP contribution in [0.25, 0.3) is 0 Å². The number of likely N-dealkylation sites (tertiary alicyclic amines) is 1. The molecule has 0 saturated carbocycles. The molecule has 0 aliphatic carbocycles. The van der Waals surface area contributed by atoms with Gasteiger partial charge in [-0.3, -0.25) is 14.5 Å². The number of aryl methyl sites for hydroxylation is 1. The summed E-state index contributed by atoms with van der Waals surface area (Å²) in [5.74, 6) is -0.300. The minimum absolute atomic E-state index is 0.0480. The van der Waals surface area contributed by atoms with Gasteiger partial charge >= 0.3 is 0 Å². The highest BCUT2D eigenvalue weighted by Gasteiger charge is 2.48. The summed E-state index contributed by atoms with van der Waals surface area (Å²) < 4.78 is 13.7. The molecule has 5 nitrogen and oxygen atoms in total. The Morgan fingerprint density at radius 3 is 2.62 bits per heavy atom. The van der Waals surface area contributed by atoms with Crippen LogP contribution in [0, 0.1) is 12.7 Å². The molecule has 1 spiro atoms. The predicted molar refractivity (Wildman–Crippen MR) is 110 cm³/mol. The van der Waals surface area contributed by atoms with Crippen LogP contribution in [-0.2, 0) is 16.0 Å². The normalized spacial score (nSPS) is 22.5. The molecule has 0 bridgehead atoms. The first-order valence-corrected chi connectivity index (χ1v) is 9.97. The van der Waals surface area contributed by atoms with E-state index >= 15 is 0 Å². The molecule has 2 aromatic rings. The van der Waals surface area contributed by atoms with Crippen LogP contribution in [0.4, 0.5) is 10.1 Å². The molecule has 29 heavy (non-hydrogen) atoms. The van der Waals surface area contributed by atoms with Gasteiger partial charge in [-0.05, 0) is 44.2 Å². The molecule has 0 radical (unpaired) electrons. The summed E-state index contributed by atoms with van der Waals surface area (Å²) in [4.78, 5) is 31.1. The van der Waals surface area contributed by atoms with Crippen LogP contribution >= 0.6 is 0 Å². The Kier molecular flexibility index (Phi) is 5.13. The van der Waals surface area contributed by atoms with E-state index in [9.17, 15) is 14.0 Å². The van der Waals surface area contributed by atoms with Crippen molar-refractivity contribution in [2.24, 2.45) is 0 Å². The van der Waals surface area contributed by atoms with Crippen LogP contribution in [0.5, 0.6) is 0 Å². The van der Waals surface area contributed by atoms with Gasteiger partial charge < -0.3 is 9.80 Å². The largest absolute Gasteiger partial charge is 0.340 e. The van der Waals surface area contributed by atoms with Gasteiger partial charge in [-0.25, -0.2) is 4.39 Å². The summed E-state index contributed by atoms with van der Waals surface area (Å²) in [6, 6.07) is 14.2. The molecule has 2 heterocycles. The highest BCUT2D eigenvalue weighted by Crippen LogP contribution is 2.33. The van der Waals surface area contributed by atoms with Crippen LogP contribution in [0.3, 0.4) is 0 Å². The maximum atomic E-state index is 13.7. The number of benzene rings is 2. The van der Waals surface area contributed by atoms with Crippen molar-refractivity contribution in [3.05, 3.63) is 65.5 Å². The molecule has 1 atom stereocenters. The third-order valence-electron chi connectivity index (χ3n) is 6.22. The van der Waals surface area contributed by atoms with Gasteiger partial charge in [-0.2, -0.15) is 0 Å². The van der Waals surface area contributed by atoms with Gasteiger partial charge in [0.15, 0.2) is 0 Å². The maximum Gasteiger partial charge on any atom is 0.241 e. The predicted octanol–water partition coefficient (Wildman–Crippen LogP) is 2.63. The topological polar surface area (TPSA) is 43.9 Å². The van der Waals surface area contributed by atoms with Crippen molar-refractivity contribution in [2.45, 2.75) is 25.3 Å². The standard InChI is InChI=1S/C23H26FN3O2/c1-17-6-8-18(9-7-17)12-21(28)26-11-10-23(15-26)16-27(22(29)14-25(23)2)20-5-3-4-19(24)13-20/h3-9,13H,10-12,14-16H2,1-2H3/t23-/m1/s1. The molecule has 2 saturated heterocycles. The van der Waals surface area contributed by atoms with Crippen LogP contribution in [0.1, 0.15) is 17.5 Å². The third kappa shape index (κ3) is 3.90. The molecule has 2 aliphatic rings. The summed E-state index contributed by atoms with van der Waals surface area (Å²) in [6.07, 6.45) is 1.18. The number of likely N-dealkylation sites (N-methyl/N-ethyl adjacent to an activating group) is 1. The Morgan fingerprint density at radius 1 is 1.14 bits per heavy atom. The van der Waals surface area contributed by atoms with Crippen LogP contribution in [-0.4, -0.2) is 60.4 Å². The molecular weight excluding hydrogens is 369 g/mol. The molecule has 6 heteroatoms. The fraction of sp³-hybridized carbons (Fsp3) is 0.391. The molecule has 2 aromatic carbocycles. The zero-order valence-electron chi connectivity index (χ0n) is 16.9. The maximum absolute atomic E-state index is 13.7. The first-order chi connectivity index (χ1) is 13.9. The van der Waals surface area contributed by atoms with Crippen molar-refractivity contribution < 1.29 is 14.0 Å². The van der Waals surface area contributed by atoms with Gasteiger partial charge in [0.05, 0.1) is 18.5 Å². The van der Waals surface area contributed by atoms with Crippen LogP contribution in [0.2, 0.25) is 0 Å². The lowest BCUT2D eigenvalue weighted by Gasteiger charge is -2.46. The molecular formula is C23H26FN3O2. The van der Waals surface area contributed by atoms with Gasteiger partial charge in [-0.1, -0.05) is 35.9 Å². The number of rotatable bonds is 3. The lowest BCUT2D eigenvalue weighted by atomic mass is 9.92. The molecule has 2 amide bonds. The van der Waals surface area contributed by atoms with E-state index in [-0.39, 0.29) is 29.7 Å². The number of piperazine rings is 1. The van der Waals surface area contributed by atoms with E-state index in [1.54, 1.807) is 17.0 Å². The fourth-order valence-corrected chi connectivity index (χ4v) is 4.34. The van der Waals surface area contributed by atoms with Crippen molar-refractivity contribution in [1.29, 1.82) is 0 Å². The Labute approximate surface area is 170 Å². The Hall–Kier alpha value is -2.73. The zero-order chi connectivity index (χ0) is 20.6. The van der Waals surface area contributed by atoms with E-state index < -0.39 is 0 Å². The van der Waals surface area contributed by atoms with E-state index in [4.69, 9.17) is 0 Å². The van der Waals surface area contributed by atoms with E-state index in [1.165, 1.54) is 17.7 Å². The number of anilines is 1. The summed E-state index contributed by atoms with van der Waals surface area (Å²) in [7, 11) is 1.94. The van der Waals surface area contributed by atoms with Crippen molar-refractivity contribution in [2.75, 3.05) is 38.1 Å². The van der Waals surface area contributed by atoms with Gasteiger partial charge in [0.25, 0.3) is 0 Å². The number of hydrogen-bond acceptors (Lipinski definition) is 3. The van der Waals surface area contributed by atoms with Crippen molar-refractivity contribution in [1.82, 2.24) is 9.80 Å². The lowest BCUT2D eigenvalue weighted by Crippen LogP contribution is -2.64. The number of halogens is 1. The van der Waals surface area contributed by atoms with E-state index in [2.05, 4.69) is 4.90 Å². The molecule has 0 N–H and O–H groups in total. The van der Waals surface area contributed by atoms with Gasteiger partial charge in [0.1, 0.15) is 5.82 Å². The Balaban J connectivity index is 1.49. The van der Waals surface area contributed by atoms with Crippen LogP contribution < -0.4 is 4.90 Å². The van der Waals surface area contributed by atoms with Crippen LogP contribution in [0.15, 0.2) is 48.5 Å². The summed E-state index contributed by atoms with van der Waals surface area (Å²) >= 11 is 0. The molecule has 0 aromatic heterocycles. The summed E-state index contributed by atoms with van der Waals surface area (Å²) in [5.41, 5.74) is 2.46. The van der Waals surface area contributed by atoms with E-state index in [0.717, 1.165) is 12.0 Å². The highest BCUT2D eigenvalue weighted by molar-refractivity contribution is 5.96. The monoisotopic (exact) mass is 395 g/mol.